The van der Waals surface area contributed by atoms with E-state index in [-0.39, 0.29) is 5.82 Å². The third-order valence-electron chi connectivity index (χ3n) is 4.64. The van der Waals surface area contributed by atoms with Gasteiger partial charge in [-0.15, -0.1) is 0 Å². The summed E-state index contributed by atoms with van der Waals surface area (Å²) in [6.07, 6.45) is 2.13. The number of halogens is 1. The van der Waals surface area contributed by atoms with E-state index in [0.29, 0.717) is 0 Å². The first-order chi connectivity index (χ1) is 13.2. The van der Waals surface area contributed by atoms with Gasteiger partial charge < -0.3 is 4.74 Å². The Morgan fingerprint density at radius 1 is 0.778 bits per heavy atom. The van der Waals surface area contributed by atoms with Crippen molar-refractivity contribution in [1.29, 1.82) is 0 Å². The molecule has 2 nitrogen and oxygen atoms in total. The molecule has 0 radical (unpaired) electrons. The van der Waals surface area contributed by atoms with Crippen molar-refractivity contribution in [1.82, 2.24) is 4.90 Å². The van der Waals surface area contributed by atoms with Crippen LogP contribution in [-0.4, -0.2) is 18.6 Å². The zero-order valence-corrected chi connectivity index (χ0v) is 15.8. The zero-order valence-electron chi connectivity index (χ0n) is 15.8. The number of hydrogen-bond acceptors (Lipinski definition) is 2. The van der Waals surface area contributed by atoms with E-state index < -0.39 is 0 Å². The molecule has 0 unspecified atom stereocenters. The van der Waals surface area contributed by atoms with Crippen LogP contribution in [0.3, 0.4) is 0 Å². The first-order valence-electron chi connectivity index (χ1n) is 9.36. The molecule has 3 heteroatoms. The third kappa shape index (κ3) is 6.22. The van der Waals surface area contributed by atoms with Gasteiger partial charge in [0.15, 0.2) is 0 Å². The van der Waals surface area contributed by atoms with Crippen molar-refractivity contribution in [3.63, 3.8) is 0 Å². The molecular formula is C24H26FNO. The van der Waals surface area contributed by atoms with Crippen LogP contribution in [0.4, 0.5) is 4.39 Å². The van der Waals surface area contributed by atoms with Gasteiger partial charge in [0.05, 0.1) is 7.11 Å². The molecule has 3 rings (SSSR count). The first kappa shape index (κ1) is 19.1. The van der Waals surface area contributed by atoms with Gasteiger partial charge in [-0.05, 0) is 60.3 Å². The van der Waals surface area contributed by atoms with E-state index in [1.165, 1.54) is 23.3 Å². The Bertz CT molecular complexity index is 817. The summed E-state index contributed by atoms with van der Waals surface area (Å²) in [6, 6.07) is 25.5. The third-order valence-corrected chi connectivity index (χ3v) is 4.64. The molecule has 0 aliphatic heterocycles. The Kier molecular flexibility index (Phi) is 7.00. The second-order valence-electron chi connectivity index (χ2n) is 6.78. The lowest BCUT2D eigenvalue weighted by Gasteiger charge is -2.23. The average Bonchev–Trinajstić information content (AvgIpc) is 2.70. The molecule has 0 bridgehead atoms. The summed E-state index contributed by atoms with van der Waals surface area (Å²) in [7, 11) is 1.69. The summed E-state index contributed by atoms with van der Waals surface area (Å²) < 4.78 is 18.6. The lowest BCUT2D eigenvalue weighted by Crippen LogP contribution is -2.24. The smallest absolute Gasteiger partial charge is 0.123 e. The molecule has 140 valence electrons. The summed E-state index contributed by atoms with van der Waals surface area (Å²) in [6.45, 7) is 2.61. The highest BCUT2D eigenvalue weighted by Crippen LogP contribution is 2.17. The van der Waals surface area contributed by atoms with Crippen molar-refractivity contribution in [2.24, 2.45) is 0 Å². The van der Waals surface area contributed by atoms with Gasteiger partial charge >= 0.3 is 0 Å². The molecule has 0 spiro atoms. The summed E-state index contributed by atoms with van der Waals surface area (Å²) >= 11 is 0. The van der Waals surface area contributed by atoms with Gasteiger partial charge in [0.2, 0.25) is 0 Å². The van der Waals surface area contributed by atoms with Crippen molar-refractivity contribution in [2.45, 2.75) is 25.9 Å². The van der Waals surface area contributed by atoms with E-state index in [1.807, 2.05) is 30.3 Å². The van der Waals surface area contributed by atoms with E-state index in [4.69, 9.17) is 4.74 Å². The molecule has 0 saturated carbocycles. The van der Waals surface area contributed by atoms with Gasteiger partial charge in [0.1, 0.15) is 11.6 Å². The normalized spacial score (nSPS) is 10.9. The lowest BCUT2D eigenvalue weighted by atomic mass is 10.1. The minimum absolute atomic E-state index is 0.192. The van der Waals surface area contributed by atoms with Crippen LogP contribution >= 0.6 is 0 Å². The number of methoxy groups -OCH3 is 1. The van der Waals surface area contributed by atoms with Gasteiger partial charge in [0.25, 0.3) is 0 Å². The molecule has 0 saturated heterocycles. The van der Waals surface area contributed by atoms with Crippen LogP contribution in [0, 0.1) is 5.82 Å². The van der Waals surface area contributed by atoms with Crippen LogP contribution in [0.25, 0.3) is 0 Å². The molecule has 0 heterocycles. The van der Waals surface area contributed by atoms with Crippen LogP contribution in [0.2, 0.25) is 0 Å². The Morgan fingerprint density at radius 3 is 2.22 bits per heavy atom. The molecule has 27 heavy (non-hydrogen) atoms. The SMILES string of the molecule is COc1cccc(CN(CCCc2ccccc2)Cc2ccc(F)cc2)c1. The van der Waals surface area contributed by atoms with Crippen LogP contribution in [0.1, 0.15) is 23.1 Å². The maximum Gasteiger partial charge on any atom is 0.123 e. The van der Waals surface area contributed by atoms with E-state index in [2.05, 4.69) is 41.3 Å². The van der Waals surface area contributed by atoms with Crippen molar-refractivity contribution in [3.8, 4) is 5.75 Å². The molecule has 0 amide bonds. The van der Waals surface area contributed by atoms with Gasteiger partial charge in [-0.1, -0.05) is 54.6 Å². The fourth-order valence-electron chi connectivity index (χ4n) is 3.24. The minimum atomic E-state index is -0.192. The van der Waals surface area contributed by atoms with E-state index in [0.717, 1.165) is 43.8 Å². The molecule has 0 fully saturated rings. The molecule has 0 atom stereocenters. The molecule has 0 aliphatic rings. The second kappa shape index (κ2) is 9.89. The molecular weight excluding hydrogens is 337 g/mol. The van der Waals surface area contributed by atoms with Crippen LogP contribution in [0.15, 0.2) is 78.9 Å². The molecule has 3 aromatic rings. The van der Waals surface area contributed by atoms with Crippen molar-refractivity contribution in [3.05, 3.63) is 101 Å². The highest BCUT2D eigenvalue weighted by atomic mass is 19.1. The number of benzene rings is 3. The van der Waals surface area contributed by atoms with Crippen molar-refractivity contribution >= 4 is 0 Å². The molecule has 0 aromatic heterocycles. The van der Waals surface area contributed by atoms with E-state index >= 15 is 0 Å². The molecule has 3 aromatic carbocycles. The maximum absolute atomic E-state index is 13.2. The molecule has 0 aliphatic carbocycles. The number of nitrogens with zero attached hydrogens (tertiary/aromatic N) is 1. The molecule has 0 N–H and O–H groups in total. The van der Waals surface area contributed by atoms with Gasteiger partial charge in [0, 0.05) is 13.1 Å². The van der Waals surface area contributed by atoms with Crippen LogP contribution in [-0.2, 0) is 19.5 Å². The first-order valence-corrected chi connectivity index (χ1v) is 9.36. The van der Waals surface area contributed by atoms with Gasteiger partial charge in [-0.2, -0.15) is 0 Å². The zero-order chi connectivity index (χ0) is 18.9. The Balaban J connectivity index is 1.66. The topological polar surface area (TPSA) is 12.5 Å². The number of hydrogen-bond donors (Lipinski definition) is 0. The van der Waals surface area contributed by atoms with Gasteiger partial charge in [-0.3, -0.25) is 4.90 Å². The monoisotopic (exact) mass is 363 g/mol. The maximum atomic E-state index is 13.2. The Labute approximate surface area is 161 Å². The number of ether oxygens (including phenoxy) is 1. The fourth-order valence-corrected chi connectivity index (χ4v) is 3.24. The highest BCUT2D eigenvalue weighted by molar-refractivity contribution is 5.28. The van der Waals surface area contributed by atoms with Crippen LogP contribution in [0.5, 0.6) is 5.75 Å². The Hall–Kier alpha value is -2.65. The quantitative estimate of drug-likeness (QED) is 0.500. The summed E-state index contributed by atoms with van der Waals surface area (Å²) in [5, 5.41) is 0. The van der Waals surface area contributed by atoms with Crippen LogP contribution < -0.4 is 4.74 Å². The number of rotatable bonds is 9. The van der Waals surface area contributed by atoms with Crippen molar-refractivity contribution < 1.29 is 9.13 Å². The minimum Gasteiger partial charge on any atom is -0.497 e. The van der Waals surface area contributed by atoms with Crippen molar-refractivity contribution in [2.75, 3.05) is 13.7 Å². The van der Waals surface area contributed by atoms with E-state index in [1.54, 1.807) is 7.11 Å². The lowest BCUT2D eigenvalue weighted by molar-refractivity contribution is 0.253. The highest BCUT2D eigenvalue weighted by Gasteiger charge is 2.09. The predicted molar refractivity (Wildman–Crippen MR) is 108 cm³/mol. The fraction of sp³-hybridized carbons (Fsp3) is 0.250. The summed E-state index contributed by atoms with van der Waals surface area (Å²) in [5.41, 5.74) is 3.70. The second-order valence-corrected chi connectivity index (χ2v) is 6.78. The average molecular weight is 363 g/mol. The standard InChI is InChI=1S/C24H26FNO/c1-27-24-11-5-9-22(17-24)19-26(18-21-12-14-23(25)15-13-21)16-6-10-20-7-3-2-4-8-20/h2-5,7-9,11-15,17H,6,10,16,18-19H2,1H3. The summed E-state index contributed by atoms with van der Waals surface area (Å²) in [4.78, 5) is 2.41. The predicted octanol–water partition coefficient (Wildman–Crippen LogP) is 5.47. The van der Waals surface area contributed by atoms with Gasteiger partial charge in [-0.25, -0.2) is 4.39 Å². The Morgan fingerprint density at radius 2 is 1.48 bits per heavy atom. The van der Waals surface area contributed by atoms with E-state index in [9.17, 15) is 4.39 Å². The number of aryl methyl sites for hydroxylation is 1. The largest absolute Gasteiger partial charge is 0.497 e. The summed E-state index contributed by atoms with van der Waals surface area (Å²) in [5.74, 6) is 0.681.